The van der Waals surface area contributed by atoms with Crippen molar-refractivity contribution < 1.29 is 14.3 Å². The molecule has 1 aliphatic heterocycles. The van der Waals surface area contributed by atoms with E-state index in [9.17, 15) is 4.79 Å². The minimum absolute atomic E-state index is 0.191. The van der Waals surface area contributed by atoms with Gasteiger partial charge in [0.25, 0.3) is 0 Å². The molecule has 1 atom stereocenters. The van der Waals surface area contributed by atoms with Crippen molar-refractivity contribution in [1.82, 2.24) is 10.3 Å². The first kappa shape index (κ1) is 15.4. The zero-order chi connectivity index (χ0) is 16.4. The first-order valence-corrected chi connectivity index (χ1v) is 7.41. The van der Waals surface area contributed by atoms with Gasteiger partial charge in [-0.25, -0.2) is 0 Å². The SMILES string of the molecule is CNC1=C(c2cc(OC)ccn2)C(=O)[C@@H](c2ccccc2Cl)O1. The van der Waals surface area contributed by atoms with Gasteiger partial charge in [0.15, 0.2) is 6.10 Å². The van der Waals surface area contributed by atoms with E-state index >= 15 is 0 Å². The van der Waals surface area contributed by atoms with Crippen molar-refractivity contribution in [1.29, 1.82) is 0 Å². The average molecular weight is 331 g/mol. The summed E-state index contributed by atoms with van der Waals surface area (Å²) >= 11 is 6.20. The van der Waals surface area contributed by atoms with Gasteiger partial charge < -0.3 is 14.8 Å². The average Bonchev–Trinajstić information content (AvgIpc) is 2.92. The molecular formula is C17H15ClN2O3. The van der Waals surface area contributed by atoms with Crippen molar-refractivity contribution in [2.75, 3.05) is 14.2 Å². The molecule has 1 N–H and O–H groups in total. The van der Waals surface area contributed by atoms with Crippen LogP contribution in [0.2, 0.25) is 5.02 Å². The maximum absolute atomic E-state index is 12.9. The molecule has 0 amide bonds. The smallest absolute Gasteiger partial charge is 0.215 e. The number of aromatic nitrogens is 1. The van der Waals surface area contributed by atoms with E-state index in [-0.39, 0.29) is 5.78 Å². The van der Waals surface area contributed by atoms with Gasteiger partial charge in [0.2, 0.25) is 11.7 Å². The van der Waals surface area contributed by atoms with Crippen LogP contribution in [0.15, 0.2) is 48.5 Å². The molecule has 0 aliphatic carbocycles. The summed E-state index contributed by atoms with van der Waals surface area (Å²) in [6.07, 6.45) is 0.805. The third-order valence-electron chi connectivity index (χ3n) is 3.59. The maximum Gasteiger partial charge on any atom is 0.215 e. The predicted octanol–water partition coefficient (Wildman–Crippen LogP) is 2.97. The number of carbonyl (C=O) groups excluding carboxylic acids is 1. The Labute approximate surface area is 138 Å². The molecule has 2 heterocycles. The molecule has 1 aromatic heterocycles. The standard InChI is InChI=1S/C17H15ClN2O3/c1-19-17-14(13-9-10(22-2)7-8-20-13)15(21)16(23-17)11-5-3-4-6-12(11)18/h3-9,16,19H,1-2H3/t16-/m1/s1. The molecule has 1 aromatic carbocycles. The molecule has 0 bridgehead atoms. The molecule has 3 rings (SSSR count). The van der Waals surface area contributed by atoms with E-state index in [1.165, 1.54) is 0 Å². The molecule has 118 valence electrons. The normalized spacial score (nSPS) is 17.2. The summed E-state index contributed by atoms with van der Waals surface area (Å²) in [5, 5.41) is 3.40. The van der Waals surface area contributed by atoms with Gasteiger partial charge in [0.05, 0.1) is 12.8 Å². The number of hydrogen-bond donors (Lipinski definition) is 1. The van der Waals surface area contributed by atoms with Gasteiger partial charge in [0.1, 0.15) is 11.3 Å². The molecule has 2 aromatic rings. The highest BCUT2D eigenvalue weighted by molar-refractivity contribution is 6.32. The maximum atomic E-state index is 12.9. The second kappa shape index (κ2) is 6.30. The van der Waals surface area contributed by atoms with Gasteiger partial charge in [0, 0.05) is 29.9 Å². The number of ether oxygens (including phenoxy) is 2. The van der Waals surface area contributed by atoms with Crippen LogP contribution in [0.4, 0.5) is 0 Å². The summed E-state index contributed by atoms with van der Waals surface area (Å²) in [5.41, 5.74) is 1.51. The number of ketones is 1. The van der Waals surface area contributed by atoms with Crippen LogP contribution in [0, 0.1) is 0 Å². The first-order chi connectivity index (χ1) is 11.2. The van der Waals surface area contributed by atoms with E-state index in [0.717, 1.165) is 0 Å². The van der Waals surface area contributed by atoms with Crippen LogP contribution in [0.3, 0.4) is 0 Å². The molecule has 0 spiro atoms. The Morgan fingerprint density at radius 3 is 2.78 bits per heavy atom. The zero-order valence-electron chi connectivity index (χ0n) is 12.7. The second-order valence-corrected chi connectivity index (χ2v) is 5.33. The third kappa shape index (κ3) is 2.75. The quantitative estimate of drug-likeness (QED) is 0.934. The Hall–Kier alpha value is -2.53. The van der Waals surface area contributed by atoms with Crippen molar-refractivity contribution >= 4 is 23.0 Å². The van der Waals surface area contributed by atoms with E-state index in [1.807, 2.05) is 12.1 Å². The monoisotopic (exact) mass is 330 g/mol. The highest BCUT2D eigenvalue weighted by Gasteiger charge is 2.38. The Kier molecular flexibility index (Phi) is 4.21. The summed E-state index contributed by atoms with van der Waals surface area (Å²) in [6, 6.07) is 10.5. The third-order valence-corrected chi connectivity index (χ3v) is 3.93. The van der Waals surface area contributed by atoms with Crippen molar-refractivity contribution in [2.24, 2.45) is 0 Å². The summed E-state index contributed by atoms with van der Waals surface area (Å²) < 4.78 is 11.0. The van der Waals surface area contributed by atoms with Crippen LogP contribution >= 0.6 is 11.6 Å². The number of halogens is 1. The first-order valence-electron chi connectivity index (χ1n) is 7.03. The number of hydrogen-bond acceptors (Lipinski definition) is 5. The van der Waals surface area contributed by atoms with E-state index in [2.05, 4.69) is 10.3 Å². The summed E-state index contributed by atoms with van der Waals surface area (Å²) in [7, 11) is 3.25. The lowest BCUT2D eigenvalue weighted by Gasteiger charge is -2.12. The zero-order valence-corrected chi connectivity index (χ0v) is 13.4. The Bertz CT molecular complexity index is 789. The van der Waals surface area contributed by atoms with Crippen molar-refractivity contribution in [2.45, 2.75) is 6.10 Å². The Balaban J connectivity index is 2.02. The number of pyridine rings is 1. The highest BCUT2D eigenvalue weighted by atomic mass is 35.5. The van der Waals surface area contributed by atoms with Gasteiger partial charge in [-0.2, -0.15) is 0 Å². The fourth-order valence-corrected chi connectivity index (χ4v) is 2.70. The molecule has 5 nitrogen and oxygen atoms in total. The van der Waals surface area contributed by atoms with Gasteiger partial charge in [-0.3, -0.25) is 9.78 Å². The number of carbonyl (C=O) groups is 1. The van der Waals surface area contributed by atoms with Crippen LogP contribution in [-0.4, -0.2) is 24.9 Å². The van der Waals surface area contributed by atoms with Crippen molar-refractivity contribution in [3.05, 3.63) is 64.8 Å². The van der Waals surface area contributed by atoms with Gasteiger partial charge in [-0.15, -0.1) is 0 Å². The minimum atomic E-state index is -0.783. The molecule has 6 heteroatoms. The molecule has 0 unspecified atom stereocenters. The number of rotatable bonds is 4. The van der Waals surface area contributed by atoms with Crippen molar-refractivity contribution in [3.63, 3.8) is 0 Å². The molecular weight excluding hydrogens is 316 g/mol. The number of nitrogens with one attached hydrogen (secondary N) is 1. The van der Waals surface area contributed by atoms with Crippen LogP contribution in [0.25, 0.3) is 5.57 Å². The lowest BCUT2D eigenvalue weighted by atomic mass is 10.00. The summed E-state index contributed by atoms with van der Waals surface area (Å²) in [5.74, 6) is 0.802. The second-order valence-electron chi connectivity index (χ2n) is 4.92. The molecule has 0 radical (unpaired) electrons. The Morgan fingerprint density at radius 2 is 2.09 bits per heavy atom. The van der Waals surface area contributed by atoms with Crippen molar-refractivity contribution in [3.8, 4) is 5.75 Å². The molecule has 23 heavy (non-hydrogen) atoms. The fourth-order valence-electron chi connectivity index (χ4n) is 2.47. The Morgan fingerprint density at radius 1 is 1.30 bits per heavy atom. The number of Topliss-reactive ketones (excluding diaryl/α,β-unsaturated/α-hetero) is 1. The van der Waals surface area contributed by atoms with Crippen LogP contribution in [0.5, 0.6) is 5.75 Å². The van der Waals surface area contributed by atoms with Gasteiger partial charge in [-0.05, 0) is 12.1 Å². The summed E-state index contributed by atoms with van der Waals surface area (Å²) in [4.78, 5) is 17.1. The number of methoxy groups -OCH3 is 1. The van der Waals surface area contributed by atoms with E-state index in [1.54, 1.807) is 44.6 Å². The summed E-state index contributed by atoms with van der Waals surface area (Å²) in [6.45, 7) is 0. The number of benzene rings is 1. The van der Waals surface area contributed by atoms with E-state index in [0.29, 0.717) is 33.5 Å². The molecule has 0 fully saturated rings. The lowest BCUT2D eigenvalue weighted by Crippen LogP contribution is -2.11. The van der Waals surface area contributed by atoms with E-state index in [4.69, 9.17) is 21.1 Å². The van der Waals surface area contributed by atoms with Crippen LogP contribution in [-0.2, 0) is 9.53 Å². The van der Waals surface area contributed by atoms with E-state index < -0.39 is 6.10 Å². The lowest BCUT2D eigenvalue weighted by molar-refractivity contribution is -0.120. The molecule has 0 saturated carbocycles. The predicted molar refractivity (Wildman–Crippen MR) is 87.1 cm³/mol. The highest BCUT2D eigenvalue weighted by Crippen LogP contribution is 2.39. The van der Waals surface area contributed by atoms with Gasteiger partial charge in [-0.1, -0.05) is 29.8 Å². The fraction of sp³-hybridized carbons (Fsp3) is 0.176. The molecule has 0 saturated heterocycles. The topological polar surface area (TPSA) is 60.5 Å². The van der Waals surface area contributed by atoms with Crippen LogP contribution < -0.4 is 10.1 Å². The van der Waals surface area contributed by atoms with Gasteiger partial charge >= 0.3 is 0 Å². The largest absolute Gasteiger partial charge is 0.497 e. The van der Waals surface area contributed by atoms with Crippen LogP contribution in [0.1, 0.15) is 17.4 Å². The molecule has 1 aliphatic rings. The number of nitrogens with zero attached hydrogens (tertiary/aromatic N) is 1. The minimum Gasteiger partial charge on any atom is -0.497 e.